The molecule has 0 bridgehead atoms. The molecular formula is C18H18N2O6S. The Kier molecular flexibility index (Phi) is 5.04. The number of hydrogen-bond donors (Lipinski definition) is 1. The maximum absolute atomic E-state index is 12.4. The fraction of sp³-hybridized carbons (Fsp3) is 0.222. The Morgan fingerprint density at radius 2 is 1.74 bits per heavy atom. The Balaban J connectivity index is 1.76. The number of ketones is 1. The maximum Gasteiger partial charge on any atom is 0.245 e. The summed E-state index contributed by atoms with van der Waals surface area (Å²) < 4.78 is 35.8. The number of sulfonamides is 1. The van der Waals surface area contributed by atoms with E-state index < -0.39 is 22.5 Å². The van der Waals surface area contributed by atoms with Crippen LogP contribution in [0.3, 0.4) is 0 Å². The molecule has 0 saturated carbocycles. The van der Waals surface area contributed by atoms with E-state index in [4.69, 9.17) is 9.47 Å². The van der Waals surface area contributed by atoms with Crippen LogP contribution in [0, 0.1) is 0 Å². The van der Waals surface area contributed by atoms with Gasteiger partial charge in [-0.05, 0) is 43.3 Å². The van der Waals surface area contributed by atoms with Crippen molar-refractivity contribution in [3.05, 3.63) is 48.0 Å². The lowest BCUT2D eigenvalue weighted by Gasteiger charge is -2.22. The summed E-state index contributed by atoms with van der Waals surface area (Å²) in [4.78, 5) is 23.6. The average Bonchev–Trinajstić information content (AvgIpc) is 3.06. The Morgan fingerprint density at radius 3 is 2.37 bits per heavy atom. The number of anilines is 2. The van der Waals surface area contributed by atoms with Crippen molar-refractivity contribution in [2.45, 2.75) is 6.92 Å². The SMILES string of the molecule is CC(=O)c1ccc(NC(=O)CN(c2ccc3c(c2)OCO3)S(C)(=O)=O)cc1. The van der Waals surface area contributed by atoms with Gasteiger partial charge < -0.3 is 14.8 Å². The molecule has 0 radical (unpaired) electrons. The van der Waals surface area contributed by atoms with Crippen molar-refractivity contribution in [3.63, 3.8) is 0 Å². The minimum absolute atomic E-state index is 0.0639. The summed E-state index contributed by atoms with van der Waals surface area (Å²) in [5.41, 5.74) is 1.28. The van der Waals surface area contributed by atoms with Crippen molar-refractivity contribution in [1.29, 1.82) is 0 Å². The van der Waals surface area contributed by atoms with Gasteiger partial charge in [0.2, 0.25) is 22.7 Å². The minimum Gasteiger partial charge on any atom is -0.454 e. The summed E-state index contributed by atoms with van der Waals surface area (Å²) in [6, 6.07) is 11.0. The topological polar surface area (TPSA) is 102 Å². The van der Waals surface area contributed by atoms with Crippen molar-refractivity contribution in [2.24, 2.45) is 0 Å². The van der Waals surface area contributed by atoms with Crippen LogP contribution < -0.4 is 19.1 Å². The predicted molar refractivity (Wildman–Crippen MR) is 99.8 cm³/mol. The average molecular weight is 390 g/mol. The Bertz CT molecular complexity index is 985. The number of Topliss-reactive ketones (excluding diaryl/α,β-unsaturated/α-hetero) is 1. The highest BCUT2D eigenvalue weighted by atomic mass is 32.2. The van der Waals surface area contributed by atoms with Crippen molar-refractivity contribution >= 4 is 33.1 Å². The molecule has 2 aromatic carbocycles. The zero-order valence-electron chi connectivity index (χ0n) is 14.8. The first kappa shape index (κ1) is 18.7. The fourth-order valence-electron chi connectivity index (χ4n) is 2.56. The van der Waals surface area contributed by atoms with Crippen LogP contribution >= 0.6 is 0 Å². The normalized spacial score (nSPS) is 12.5. The van der Waals surface area contributed by atoms with E-state index in [2.05, 4.69) is 5.32 Å². The van der Waals surface area contributed by atoms with Gasteiger partial charge in [-0.1, -0.05) is 0 Å². The number of hydrogen-bond acceptors (Lipinski definition) is 6. The van der Waals surface area contributed by atoms with Gasteiger partial charge in [0.15, 0.2) is 17.3 Å². The third kappa shape index (κ3) is 4.37. The summed E-state index contributed by atoms with van der Waals surface area (Å²) in [7, 11) is -3.71. The summed E-state index contributed by atoms with van der Waals surface area (Å²) >= 11 is 0. The Labute approximate surface area is 156 Å². The molecular weight excluding hydrogens is 372 g/mol. The quantitative estimate of drug-likeness (QED) is 0.757. The molecule has 1 amide bonds. The highest BCUT2D eigenvalue weighted by Gasteiger charge is 2.23. The molecule has 1 aliphatic rings. The van der Waals surface area contributed by atoms with Gasteiger partial charge in [0, 0.05) is 17.3 Å². The van der Waals surface area contributed by atoms with E-state index in [9.17, 15) is 18.0 Å². The van der Waals surface area contributed by atoms with Crippen LogP contribution in [-0.4, -0.2) is 39.7 Å². The first-order chi connectivity index (χ1) is 12.7. The molecule has 0 fully saturated rings. The molecule has 142 valence electrons. The van der Waals surface area contributed by atoms with E-state index >= 15 is 0 Å². The Hall–Kier alpha value is -3.07. The summed E-state index contributed by atoms with van der Waals surface area (Å²) in [5, 5.41) is 2.62. The zero-order chi connectivity index (χ0) is 19.6. The zero-order valence-corrected chi connectivity index (χ0v) is 15.6. The number of rotatable bonds is 6. The number of amides is 1. The van der Waals surface area contributed by atoms with Crippen LogP contribution in [0.4, 0.5) is 11.4 Å². The van der Waals surface area contributed by atoms with E-state index in [0.29, 0.717) is 28.4 Å². The second-order valence-electron chi connectivity index (χ2n) is 5.99. The van der Waals surface area contributed by atoms with E-state index in [-0.39, 0.29) is 12.6 Å². The van der Waals surface area contributed by atoms with E-state index in [1.165, 1.54) is 13.0 Å². The van der Waals surface area contributed by atoms with Crippen molar-refractivity contribution in [2.75, 3.05) is 29.2 Å². The number of nitrogens with zero attached hydrogens (tertiary/aromatic N) is 1. The highest BCUT2D eigenvalue weighted by molar-refractivity contribution is 7.92. The third-order valence-electron chi connectivity index (χ3n) is 3.91. The van der Waals surface area contributed by atoms with Gasteiger partial charge >= 0.3 is 0 Å². The molecule has 27 heavy (non-hydrogen) atoms. The first-order valence-corrected chi connectivity index (χ1v) is 9.87. The molecule has 0 aliphatic carbocycles. The lowest BCUT2D eigenvalue weighted by molar-refractivity contribution is -0.114. The van der Waals surface area contributed by atoms with E-state index in [0.717, 1.165) is 10.6 Å². The number of fused-ring (bicyclic) bond motifs is 1. The first-order valence-electron chi connectivity index (χ1n) is 8.02. The van der Waals surface area contributed by atoms with Crippen LogP contribution in [0.15, 0.2) is 42.5 Å². The smallest absolute Gasteiger partial charge is 0.245 e. The molecule has 0 atom stereocenters. The monoisotopic (exact) mass is 390 g/mol. The van der Waals surface area contributed by atoms with Crippen LogP contribution in [0.2, 0.25) is 0 Å². The molecule has 0 aromatic heterocycles. The molecule has 9 heteroatoms. The summed E-state index contributed by atoms with van der Waals surface area (Å²) in [5.74, 6) is 0.330. The predicted octanol–water partition coefficient (Wildman–Crippen LogP) is 2.02. The third-order valence-corrected chi connectivity index (χ3v) is 5.05. The van der Waals surface area contributed by atoms with Crippen LogP contribution in [-0.2, 0) is 14.8 Å². The van der Waals surface area contributed by atoms with Gasteiger partial charge in [0.25, 0.3) is 0 Å². The number of carbonyl (C=O) groups is 2. The molecule has 2 aromatic rings. The van der Waals surface area contributed by atoms with Crippen molar-refractivity contribution < 1.29 is 27.5 Å². The fourth-order valence-corrected chi connectivity index (χ4v) is 3.41. The van der Waals surface area contributed by atoms with Crippen molar-refractivity contribution in [3.8, 4) is 11.5 Å². The van der Waals surface area contributed by atoms with Crippen molar-refractivity contribution in [1.82, 2.24) is 0 Å². The molecule has 0 spiro atoms. The number of ether oxygens (including phenoxy) is 2. The van der Waals surface area contributed by atoms with Crippen LogP contribution in [0.5, 0.6) is 11.5 Å². The second kappa shape index (κ2) is 7.28. The molecule has 0 unspecified atom stereocenters. The van der Waals surface area contributed by atoms with E-state index in [1.807, 2.05) is 0 Å². The summed E-state index contributed by atoms with van der Waals surface area (Å²) in [6.45, 7) is 1.10. The van der Waals surface area contributed by atoms with E-state index in [1.54, 1.807) is 36.4 Å². The molecule has 1 N–H and O–H groups in total. The number of carbonyl (C=O) groups excluding carboxylic acids is 2. The van der Waals surface area contributed by atoms with Gasteiger partial charge in [-0.25, -0.2) is 8.42 Å². The van der Waals surface area contributed by atoms with Gasteiger partial charge in [-0.15, -0.1) is 0 Å². The minimum atomic E-state index is -3.71. The summed E-state index contributed by atoms with van der Waals surface area (Å²) in [6.07, 6.45) is 1.02. The standard InChI is InChI=1S/C18H18N2O6S/c1-12(21)13-3-5-14(6-4-13)19-18(22)10-20(27(2,23)24)15-7-8-16-17(9-15)26-11-25-16/h3-9H,10-11H2,1-2H3,(H,19,22). The molecule has 3 rings (SSSR count). The van der Waals surface area contributed by atoms with Gasteiger partial charge in [-0.2, -0.15) is 0 Å². The molecule has 8 nitrogen and oxygen atoms in total. The second-order valence-corrected chi connectivity index (χ2v) is 7.90. The Morgan fingerprint density at radius 1 is 1.07 bits per heavy atom. The van der Waals surface area contributed by atoms with Crippen LogP contribution in [0.25, 0.3) is 0 Å². The van der Waals surface area contributed by atoms with Gasteiger partial charge in [0.1, 0.15) is 6.54 Å². The lowest BCUT2D eigenvalue weighted by atomic mass is 10.1. The molecule has 1 aliphatic heterocycles. The lowest BCUT2D eigenvalue weighted by Crippen LogP contribution is -2.37. The molecule has 1 heterocycles. The maximum atomic E-state index is 12.4. The number of nitrogens with one attached hydrogen (secondary N) is 1. The molecule has 0 saturated heterocycles. The largest absolute Gasteiger partial charge is 0.454 e. The van der Waals surface area contributed by atoms with Gasteiger partial charge in [-0.3, -0.25) is 13.9 Å². The number of benzene rings is 2. The van der Waals surface area contributed by atoms with Crippen LogP contribution in [0.1, 0.15) is 17.3 Å². The van der Waals surface area contributed by atoms with Gasteiger partial charge in [0.05, 0.1) is 11.9 Å². The highest BCUT2D eigenvalue weighted by Crippen LogP contribution is 2.36.